The molecule has 0 spiro atoms. The van der Waals surface area contributed by atoms with Gasteiger partial charge in [-0.3, -0.25) is 4.79 Å². The summed E-state index contributed by atoms with van der Waals surface area (Å²) < 4.78 is 0. The molecule has 1 aromatic rings. The first kappa shape index (κ1) is 13.3. The van der Waals surface area contributed by atoms with Gasteiger partial charge in [-0.1, -0.05) is 6.42 Å². The number of pyridine rings is 1. The third-order valence-electron chi connectivity index (χ3n) is 4.03. The molecule has 0 amide bonds. The largest absolute Gasteiger partial charge is 0.481 e. The number of hydrogen-bond acceptors (Lipinski definition) is 4. The number of carboxylic acids is 1. The van der Waals surface area contributed by atoms with Crippen molar-refractivity contribution in [3.8, 4) is 6.07 Å². The molecule has 0 bridgehead atoms. The van der Waals surface area contributed by atoms with Gasteiger partial charge in [0.05, 0.1) is 11.0 Å². The lowest BCUT2D eigenvalue weighted by atomic mass is 9.85. The molecule has 100 valence electrons. The normalized spacial score (nSPS) is 25.8. The Morgan fingerprint density at radius 2 is 2.42 bits per heavy atom. The number of aliphatic carboxylic acids is 1. The van der Waals surface area contributed by atoms with E-state index < -0.39 is 11.4 Å². The van der Waals surface area contributed by atoms with Crippen molar-refractivity contribution in [3.63, 3.8) is 0 Å². The standard InChI is InChI=1S/C14H17N3O2/c1-9-5-7-16-12(10(9)8-15)17-11-4-3-6-14(11,2)13(18)19/h5,7,11H,3-4,6H2,1-2H3,(H,16,17)(H,18,19). The molecule has 19 heavy (non-hydrogen) atoms. The van der Waals surface area contributed by atoms with Crippen LogP contribution in [-0.4, -0.2) is 22.1 Å². The Kier molecular flexibility index (Phi) is 3.43. The fourth-order valence-electron chi connectivity index (χ4n) is 2.63. The van der Waals surface area contributed by atoms with E-state index in [1.54, 1.807) is 19.2 Å². The highest BCUT2D eigenvalue weighted by molar-refractivity contribution is 5.76. The first-order valence-electron chi connectivity index (χ1n) is 6.34. The molecular weight excluding hydrogens is 242 g/mol. The third kappa shape index (κ3) is 2.26. The number of aryl methyl sites for hydroxylation is 1. The fraction of sp³-hybridized carbons (Fsp3) is 0.500. The van der Waals surface area contributed by atoms with E-state index in [-0.39, 0.29) is 6.04 Å². The summed E-state index contributed by atoms with van der Waals surface area (Å²) in [5.74, 6) is -0.310. The third-order valence-corrected chi connectivity index (χ3v) is 4.03. The van der Waals surface area contributed by atoms with Crippen molar-refractivity contribution >= 4 is 11.8 Å². The SMILES string of the molecule is Cc1ccnc(NC2CCCC2(C)C(=O)O)c1C#N. The molecule has 5 heteroatoms. The van der Waals surface area contributed by atoms with Crippen LogP contribution in [0.4, 0.5) is 5.82 Å². The molecule has 0 radical (unpaired) electrons. The smallest absolute Gasteiger partial charge is 0.311 e. The van der Waals surface area contributed by atoms with Crippen molar-refractivity contribution in [2.75, 3.05) is 5.32 Å². The van der Waals surface area contributed by atoms with Gasteiger partial charge < -0.3 is 10.4 Å². The van der Waals surface area contributed by atoms with Gasteiger partial charge in [0.25, 0.3) is 0 Å². The molecule has 0 saturated heterocycles. The second kappa shape index (κ2) is 4.88. The van der Waals surface area contributed by atoms with Gasteiger partial charge in [-0.05, 0) is 38.3 Å². The van der Waals surface area contributed by atoms with Gasteiger partial charge in [-0.25, -0.2) is 4.98 Å². The zero-order valence-corrected chi connectivity index (χ0v) is 11.1. The molecule has 0 aromatic carbocycles. The second-order valence-corrected chi connectivity index (χ2v) is 5.28. The number of nitriles is 1. The van der Waals surface area contributed by atoms with Crippen LogP contribution in [0.1, 0.15) is 37.3 Å². The summed E-state index contributed by atoms with van der Waals surface area (Å²) in [6.45, 7) is 3.60. The molecular formula is C14H17N3O2. The summed E-state index contributed by atoms with van der Waals surface area (Å²) in [6.07, 6.45) is 3.93. The number of nitrogens with zero attached hydrogens (tertiary/aromatic N) is 2. The highest BCUT2D eigenvalue weighted by Gasteiger charge is 2.45. The van der Waals surface area contributed by atoms with Gasteiger partial charge in [0.15, 0.2) is 0 Å². The number of rotatable bonds is 3. The Hall–Kier alpha value is -2.09. The van der Waals surface area contributed by atoms with Gasteiger partial charge in [-0.15, -0.1) is 0 Å². The molecule has 0 aliphatic heterocycles. The summed E-state index contributed by atoms with van der Waals surface area (Å²) in [5, 5.41) is 21.7. The summed E-state index contributed by atoms with van der Waals surface area (Å²) in [7, 11) is 0. The van der Waals surface area contributed by atoms with Gasteiger partial charge >= 0.3 is 5.97 Å². The highest BCUT2D eigenvalue weighted by Crippen LogP contribution is 2.40. The lowest BCUT2D eigenvalue weighted by Crippen LogP contribution is -2.40. The van der Waals surface area contributed by atoms with Crippen LogP contribution < -0.4 is 5.32 Å². The highest BCUT2D eigenvalue weighted by atomic mass is 16.4. The molecule has 2 N–H and O–H groups in total. The predicted octanol–water partition coefficient (Wildman–Crippen LogP) is 2.32. The lowest BCUT2D eigenvalue weighted by Gasteiger charge is -2.28. The van der Waals surface area contributed by atoms with E-state index in [0.717, 1.165) is 18.4 Å². The molecule has 1 fully saturated rings. The summed E-state index contributed by atoms with van der Waals surface area (Å²) >= 11 is 0. The molecule has 1 heterocycles. The van der Waals surface area contributed by atoms with Gasteiger partial charge in [0, 0.05) is 12.2 Å². The fourth-order valence-corrected chi connectivity index (χ4v) is 2.63. The quantitative estimate of drug-likeness (QED) is 0.870. The average molecular weight is 259 g/mol. The van der Waals surface area contributed by atoms with Crippen LogP contribution in [-0.2, 0) is 4.79 Å². The van der Waals surface area contributed by atoms with E-state index in [1.807, 2.05) is 6.92 Å². The second-order valence-electron chi connectivity index (χ2n) is 5.28. The Morgan fingerprint density at radius 1 is 1.68 bits per heavy atom. The Balaban J connectivity index is 2.30. The molecule has 1 saturated carbocycles. The van der Waals surface area contributed by atoms with Crippen molar-refractivity contribution < 1.29 is 9.90 Å². The van der Waals surface area contributed by atoms with E-state index in [0.29, 0.717) is 17.8 Å². The molecule has 2 unspecified atom stereocenters. The monoisotopic (exact) mass is 259 g/mol. The first-order valence-corrected chi connectivity index (χ1v) is 6.34. The molecule has 2 atom stereocenters. The van der Waals surface area contributed by atoms with Crippen LogP contribution in [0, 0.1) is 23.7 Å². The minimum Gasteiger partial charge on any atom is -0.481 e. The maximum Gasteiger partial charge on any atom is 0.311 e. The van der Waals surface area contributed by atoms with Crippen LogP contribution in [0.2, 0.25) is 0 Å². The number of anilines is 1. The molecule has 1 aliphatic carbocycles. The predicted molar refractivity (Wildman–Crippen MR) is 70.7 cm³/mol. The molecule has 1 aliphatic rings. The van der Waals surface area contributed by atoms with E-state index in [2.05, 4.69) is 16.4 Å². The van der Waals surface area contributed by atoms with Gasteiger partial charge in [0.1, 0.15) is 11.9 Å². The van der Waals surface area contributed by atoms with E-state index >= 15 is 0 Å². The maximum absolute atomic E-state index is 11.4. The van der Waals surface area contributed by atoms with E-state index in [1.165, 1.54) is 0 Å². The van der Waals surface area contributed by atoms with Crippen molar-refractivity contribution in [1.82, 2.24) is 4.98 Å². The van der Waals surface area contributed by atoms with Crippen molar-refractivity contribution in [2.24, 2.45) is 5.41 Å². The number of hydrogen-bond donors (Lipinski definition) is 2. The Morgan fingerprint density at radius 3 is 3.05 bits per heavy atom. The van der Waals surface area contributed by atoms with Crippen LogP contribution in [0.3, 0.4) is 0 Å². The van der Waals surface area contributed by atoms with Crippen molar-refractivity contribution in [3.05, 3.63) is 23.4 Å². The van der Waals surface area contributed by atoms with Crippen LogP contribution in [0.15, 0.2) is 12.3 Å². The van der Waals surface area contributed by atoms with E-state index in [9.17, 15) is 9.90 Å². The van der Waals surface area contributed by atoms with Crippen LogP contribution >= 0.6 is 0 Å². The summed E-state index contributed by atoms with van der Waals surface area (Å²) in [5.41, 5.74) is 0.537. The minimum absolute atomic E-state index is 0.189. The van der Waals surface area contributed by atoms with Crippen molar-refractivity contribution in [2.45, 2.75) is 39.2 Å². The number of aromatic nitrogens is 1. The maximum atomic E-state index is 11.4. The summed E-state index contributed by atoms with van der Waals surface area (Å²) in [6, 6.07) is 3.71. The van der Waals surface area contributed by atoms with Gasteiger partial charge in [-0.2, -0.15) is 5.26 Å². The zero-order chi connectivity index (χ0) is 14.0. The van der Waals surface area contributed by atoms with E-state index in [4.69, 9.17) is 5.26 Å². The minimum atomic E-state index is -0.798. The Labute approximate surface area is 112 Å². The lowest BCUT2D eigenvalue weighted by molar-refractivity contribution is -0.147. The topological polar surface area (TPSA) is 86.0 Å². The zero-order valence-electron chi connectivity index (χ0n) is 11.1. The first-order chi connectivity index (χ1) is 8.99. The number of carbonyl (C=O) groups is 1. The number of carboxylic acid groups (broad SMARTS) is 1. The van der Waals surface area contributed by atoms with Crippen LogP contribution in [0.25, 0.3) is 0 Å². The molecule has 5 nitrogen and oxygen atoms in total. The Bertz CT molecular complexity index is 550. The van der Waals surface area contributed by atoms with Crippen LogP contribution in [0.5, 0.6) is 0 Å². The average Bonchev–Trinajstić information content (AvgIpc) is 2.73. The number of nitrogens with one attached hydrogen (secondary N) is 1. The molecule has 1 aromatic heterocycles. The summed E-state index contributed by atoms with van der Waals surface area (Å²) in [4.78, 5) is 15.6. The molecule has 2 rings (SSSR count). The van der Waals surface area contributed by atoms with Crippen molar-refractivity contribution in [1.29, 1.82) is 5.26 Å². The van der Waals surface area contributed by atoms with Gasteiger partial charge in [0.2, 0.25) is 0 Å².